The summed E-state index contributed by atoms with van der Waals surface area (Å²) in [5.74, 6) is -0.657. The summed E-state index contributed by atoms with van der Waals surface area (Å²) in [7, 11) is -1.27. The summed E-state index contributed by atoms with van der Waals surface area (Å²) >= 11 is 3.19. The van der Waals surface area contributed by atoms with E-state index in [4.69, 9.17) is 5.11 Å². The van der Waals surface area contributed by atoms with Crippen LogP contribution in [0.1, 0.15) is 27.0 Å². The molecule has 0 heterocycles. The average molecular weight is 367 g/mol. The number of carboxylic acid groups (broad SMARTS) is 1. The molecule has 0 aliphatic rings. The third-order valence-electron chi connectivity index (χ3n) is 3.01. The van der Waals surface area contributed by atoms with Crippen molar-refractivity contribution in [1.82, 2.24) is 0 Å². The number of hydrogen-bond donors (Lipinski definition) is 1. The van der Waals surface area contributed by atoms with Crippen LogP contribution in [0.5, 0.6) is 0 Å². The molecule has 5 heteroatoms. The van der Waals surface area contributed by atoms with Crippen LogP contribution in [0.15, 0.2) is 45.8 Å². The summed E-state index contributed by atoms with van der Waals surface area (Å²) in [4.78, 5) is 11.6. The molecule has 1 N–H and O–H groups in total. The maximum atomic E-state index is 12.4. The maximum absolute atomic E-state index is 12.4. The first-order valence-corrected chi connectivity index (χ1v) is 8.46. The van der Waals surface area contributed by atoms with Gasteiger partial charge in [-0.2, -0.15) is 0 Å². The predicted octanol–water partition coefficient (Wildman–Crippen LogP) is 4.07. The molecule has 0 spiro atoms. The van der Waals surface area contributed by atoms with Gasteiger partial charge in [-0.25, -0.2) is 4.79 Å². The van der Waals surface area contributed by atoms with Crippen LogP contribution in [0.2, 0.25) is 0 Å². The van der Waals surface area contributed by atoms with Crippen molar-refractivity contribution in [2.24, 2.45) is 0 Å². The number of benzene rings is 2. The minimum atomic E-state index is -1.27. The van der Waals surface area contributed by atoms with E-state index < -0.39 is 16.8 Å². The van der Waals surface area contributed by atoms with Crippen LogP contribution >= 0.6 is 15.9 Å². The summed E-state index contributed by atoms with van der Waals surface area (Å²) in [6.45, 7) is 4.00. The fraction of sp³-hybridized carbons (Fsp3) is 0.188. The van der Waals surface area contributed by atoms with Crippen molar-refractivity contribution in [3.8, 4) is 0 Å². The van der Waals surface area contributed by atoms with Crippen LogP contribution < -0.4 is 0 Å². The van der Waals surface area contributed by atoms with E-state index in [2.05, 4.69) is 22.0 Å². The lowest BCUT2D eigenvalue weighted by molar-refractivity contribution is 0.0695. The summed E-state index contributed by atoms with van der Waals surface area (Å²) < 4.78 is 12.9. The van der Waals surface area contributed by atoms with Gasteiger partial charge in [-0.05, 0) is 53.5 Å². The van der Waals surface area contributed by atoms with Crippen molar-refractivity contribution in [1.29, 1.82) is 0 Å². The number of aromatic carboxylic acids is 1. The van der Waals surface area contributed by atoms with Gasteiger partial charge in [0.05, 0.1) is 22.1 Å². The Morgan fingerprint density at radius 1 is 1.14 bits per heavy atom. The lowest BCUT2D eigenvalue weighted by Gasteiger charge is -2.07. The molecule has 0 aromatic heterocycles. The highest BCUT2D eigenvalue weighted by Crippen LogP contribution is 2.22. The lowest BCUT2D eigenvalue weighted by Crippen LogP contribution is -2.02. The van der Waals surface area contributed by atoms with Gasteiger partial charge in [-0.3, -0.25) is 4.21 Å². The molecule has 0 saturated carbocycles. The van der Waals surface area contributed by atoms with Gasteiger partial charge in [0.2, 0.25) is 0 Å². The summed E-state index contributed by atoms with van der Waals surface area (Å²) in [5.41, 5.74) is 3.37. The molecule has 1 unspecified atom stereocenters. The molecule has 0 fully saturated rings. The second-order valence-electron chi connectivity index (χ2n) is 4.93. The molecule has 110 valence electrons. The lowest BCUT2D eigenvalue weighted by atomic mass is 10.1. The van der Waals surface area contributed by atoms with Gasteiger partial charge in [0.25, 0.3) is 0 Å². The van der Waals surface area contributed by atoms with Crippen LogP contribution in [0.25, 0.3) is 0 Å². The molecule has 0 radical (unpaired) electrons. The molecule has 0 bridgehead atoms. The Balaban J connectivity index is 2.28. The van der Waals surface area contributed by atoms with Gasteiger partial charge in [-0.1, -0.05) is 29.3 Å². The zero-order chi connectivity index (χ0) is 15.6. The number of rotatable bonds is 4. The van der Waals surface area contributed by atoms with Crippen molar-refractivity contribution < 1.29 is 14.1 Å². The molecule has 3 nitrogen and oxygen atoms in total. The highest BCUT2D eigenvalue weighted by molar-refractivity contribution is 9.10. The molecule has 1 atom stereocenters. The molecule has 2 aromatic carbocycles. The van der Waals surface area contributed by atoms with Crippen molar-refractivity contribution >= 4 is 32.7 Å². The van der Waals surface area contributed by atoms with Gasteiger partial charge in [0, 0.05) is 9.37 Å². The van der Waals surface area contributed by atoms with E-state index >= 15 is 0 Å². The summed E-state index contributed by atoms with van der Waals surface area (Å²) in [6.07, 6.45) is 0. The minimum Gasteiger partial charge on any atom is -0.478 e. The Kier molecular flexibility index (Phi) is 4.96. The van der Waals surface area contributed by atoms with Crippen molar-refractivity contribution in [2.45, 2.75) is 24.5 Å². The fourth-order valence-electron chi connectivity index (χ4n) is 2.20. The van der Waals surface area contributed by atoms with E-state index in [0.717, 1.165) is 16.7 Å². The third kappa shape index (κ3) is 4.02. The Morgan fingerprint density at radius 3 is 2.33 bits per heavy atom. The average Bonchev–Trinajstić information content (AvgIpc) is 2.37. The second-order valence-corrected chi connectivity index (χ2v) is 7.24. The largest absolute Gasteiger partial charge is 0.478 e. The zero-order valence-electron chi connectivity index (χ0n) is 11.7. The van der Waals surface area contributed by atoms with E-state index in [0.29, 0.717) is 15.1 Å². The SMILES string of the molecule is Cc1cc(C)cc(CS(=O)c2ccc(Br)c(C(=O)O)c2)c1. The molecule has 2 aromatic rings. The summed E-state index contributed by atoms with van der Waals surface area (Å²) in [6, 6.07) is 10.8. The Labute approximate surface area is 134 Å². The second kappa shape index (κ2) is 6.54. The Morgan fingerprint density at radius 2 is 1.76 bits per heavy atom. The van der Waals surface area contributed by atoms with E-state index in [1.807, 2.05) is 26.0 Å². The zero-order valence-corrected chi connectivity index (χ0v) is 14.1. The van der Waals surface area contributed by atoms with E-state index in [1.165, 1.54) is 6.07 Å². The first-order chi connectivity index (χ1) is 9.86. The molecule has 0 saturated heterocycles. The predicted molar refractivity (Wildman–Crippen MR) is 87.1 cm³/mol. The standard InChI is InChI=1S/C16H15BrO3S/c1-10-5-11(2)7-12(6-10)9-21(20)13-3-4-15(17)14(8-13)16(18)19/h3-8H,9H2,1-2H3,(H,18,19). The molecule has 21 heavy (non-hydrogen) atoms. The van der Waals surface area contributed by atoms with Crippen LogP contribution in [0, 0.1) is 13.8 Å². The Bertz CT molecular complexity index is 705. The van der Waals surface area contributed by atoms with Gasteiger partial charge in [0.1, 0.15) is 0 Å². The van der Waals surface area contributed by atoms with Gasteiger partial charge < -0.3 is 5.11 Å². The normalized spacial score (nSPS) is 12.1. The van der Waals surface area contributed by atoms with Gasteiger partial charge in [0.15, 0.2) is 0 Å². The number of carboxylic acids is 1. The third-order valence-corrected chi connectivity index (χ3v) is 5.08. The van der Waals surface area contributed by atoms with Crippen LogP contribution in [-0.4, -0.2) is 15.3 Å². The molecular formula is C16H15BrO3S. The van der Waals surface area contributed by atoms with Crippen LogP contribution in [-0.2, 0) is 16.6 Å². The molecule has 0 aliphatic carbocycles. The van der Waals surface area contributed by atoms with E-state index in [-0.39, 0.29) is 5.56 Å². The molecular weight excluding hydrogens is 352 g/mol. The maximum Gasteiger partial charge on any atom is 0.336 e. The fourth-order valence-corrected chi connectivity index (χ4v) is 3.72. The highest BCUT2D eigenvalue weighted by Gasteiger charge is 2.13. The van der Waals surface area contributed by atoms with Gasteiger partial charge in [-0.15, -0.1) is 0 Å². The monoisotopic (exact) mass is 366 g/mol. The van der Waals surface area contributed by atoms with Crippen molar-refractivity contribution in [2.75, 3.05) is 0 Å². The topological polar surface area (TPSA) is 54.4 Å². The molecule has 0 aliphatic heterocycles. The minimum absolute atomic E-state index is 0.126. The van der Waals surface area contributed by atoms with E-state index in [1.54, 1.807) is 12.1 Å². The van der Waals surface area contributed by atoms with Crippen LogP contribution in [0.4, 0.5) is 0 Å². The highest BCUT2D eigenvalue weighted by atomic mass is 79.9. The molecule has 2 rings (SSSR count). The first kappa shape index (κ1) is 15.9. The molecule has 0 amide bonds. The number of carbonyl (C=O) groups is 1. The van der Waals surface area contributed by atoms with Crippen molar-refractivity contribution in [3.05, 3.63) is 63.1 Å². The first-order valence-electron chi connectivity index (χ1n) is 6.35. The van der Waals surface area contributed by atoms with E-state index in [9.17, 15) is 9.00 Å². The number of aryl methyl sites for hydroxylation is 2. The van der Waals surface area contributed by atoms with Crippen LogP contribution in [0.3, 0.4) is 0 Å². The van der Waals surface area contributed by atoms with Crippen molar-refractivity contribution in [3.63, 3.8) is 0 Å². The van der Waals surface area contributed by atoms with Gasteiger partial charge >= 0.3 is 5.97 Å². The number of hydrogen-bond acceptors (Lipinski definition) is 2. The Hall–Kier alpha value is -1.46. The number of halogens is 1. The summed E-state index contributed by atoms with van der Waals surface area (Å²) in [5, 5.41) is 9.11. The quantitative estimate of drug-likeness (QED) is 0.886. The smallest absolute Gasteiger partial charge is 0.336 e.